The number of hydrogen-bond acceptors (Lipinski definition) is 5. The van der Waals surface area contributed by atoms with E-state index < -0.39 is 5.97 Å². The molecule has 0 saturated carbocycles. The molecule has 1 aliphatic heterocycles. The van der Waals surface area contributed by atoms with Crippen molar-refractivity contribution >= 4 is 23.6 Å². The molecule has 1 heterocycles. The Morgan fingerprint density at radius 3 is 2.73 bits per heavy atom. The Hall–Kier alpha value is -1.79. The first-order valence-corrected chi connectivity index (χ1v) is 7.97. The SMILES string of the molecule is CCOC(=O)/C=C1\S[C@H](N(C)Cc2ccccc2)C(=O)N1C. The Balaban J connectivity index is 2.06. The number of benzene rings is 1. The van der Waals surface area contributed by atoms with Crippen LogP contribution >= 0.6 is 11.8 Å². The third kappa shape index (κ3) is 3.90. The smallest absolute Gasteiger partial charge is 0.333 e. The van der Waals surface area contributed by atoms with E-state index in [4.69, 9.17) is 4.74 Å². The van der Waals surface area contributed by atoms with Crippen molar-refractivity contribution < 1.29 is 14.3 Å². The summed E-state index contributed by atoms with van der Waals surface area (Å²) in [4.78, 5) is 27.4. The van der Waals surface area contributed by atoms with Gasteiger partial charge in [0.25, 0.3) is 5.91 Å². The lowest BCUT2D eigenvalue weighted by Gasteiger charge is -2.21. The molecule has 1 aromatic rings. The highest BCUT2D eigenvalue weighted by Crippen LogP contribution is 2.35. The van der Waals surface area contributed by atoms with Crippen molar-refractivity contribution in [2.24, 2.45) is 0 Å². The lowest BCUT2D eigenvalue weighted by atomic mass is 10.2. The molecule has 2 rings (SSSR count). The first kappa shape index (κ1) is 16.6. The summed E-state index contributed by atoms with van der Waals surface area (Å²) in [5.41, 5.74) is 1.14. The number of rotatable bonds is 5. The van der Waals surface area contributed by atoms with Gasteiger partial charge in [0.15, 0.2) is 0 Å². The number of carbonyl (C=O) groups is 2. The van der Waals surface area contributed by atoms with Crippen LogP contribution in [0.1, 0.15) is 12.5 Å². The van der Waals surface area contributed by atoms with E-state index in [9.17, 15) is 9.59 Å². The number of amides is 1. The zero-order chi connectivity index (χ0) is 16.1. The van der Waals surface area contributed by atoms with Crippen molar-refractivity contribution in [3.8, 4) is 0 Å². The largest absolute Gasteiger partial charge is 0.463 e. The number of esters is 1. The fourth-order valence-corrected chi connectivity index (χ4v) is 3.32. The molecule has 1 fully saturated rings. The minimum atomic E-state index is -0.420. The molecule has 1 aromatic carbocycles. The summed E-state index contributed by atoms with van der Waals surface area (Å²) in [7, 11) is 3.58. The van der Waals surface area contributed by atoms with Crippen molar-refractivity contribution in [3.05, 3.63) is 47.0 Å². The van der Waals surface area contributed by atoms with Crippen LogP contribution in [0, 0.1) is 0 Å². The van der Waals surface area contributed by atoms with Gasteiger partial charge < -0.3 is 9.64 Å². The maximum absolute atomic E-state index is 12.4. The second kappa shape index (κ2) is 7.47. The monoisotopic (exact) mass is 320 g/mol. The van der Waals surface area contributed by atoms with Gasteiger partial charge in [-0.15, -0.1) is 0 Å². The minimum absolute atomic E-state index is 0.0287. The van der Waals surface area contributed by atoms with Crippen LogP contribution in [0.4, 0.5) is 0 Å². The van der Waals surface area contributed by atoms with Gasteiger partial charge in [-0.05, 0) is 19.5 Å². The number of likely N-dealkylation sites (N-methyl/N-ethyl adjacent to an activating group) is 2. The molecule has 0 bridgehead atoms. The van der Waals surface area contributed by atoms with E-state index in [1.54, 1.807) is 14.0 Å². The first-order valence-electron chi connectivity index (χ1n) is 7.09. The van der Waals surface area contributed by atoms with E-state index in [0.717, 1.165) is 5.56 Å². The van der Waals surface area contributed by atoms with Gasteiger partial charge in [0, 0.05) is 13.6 Å². The second-order valence-corrected chi connectivity index (χ2v) is 6.10. The topological polar surface area (TPSA) is 49.9 Å². The molecule has 0 aliphatic carbocycles. The zero-order valence-corrected chi connectivity index (χ0v) is 13.8. The highest BCUT2D eigenvalue weighted by atomic mass is 32.2. The standard InChI is InChI=1S/C16H20N2O3S/c1-4-21-14(19)10-13-18(3)15(20)16(22-13)17(2)11-12-8-6-5-7-9-12/h5-10,16H,4,11H2,1-3H3/b13-10-/t16-/m0/s1. The summed E-state index contributed by atoms with van der Waals surface area (Å²) in [6.45, 7) is 2.75. The summed E-state index contributed by atoms with van der Waals surface area (Å²) in [6.07, 6.45) is 1.38. The van der Waals surface area contributed by atoms with Crippen molar-refractivity contribution in [2.45, 2.75) is 18.8 Å². The molecule has 1 atom stereocenters. The van der Waals surface area contributed by atoms with Crippen LogP contribution in [0.5, 0.6) is 0 Å². The average Bonchev–Trinajstić information content (AvgIpc) is 2.77. The average molecular weight is 320 g/mol. The Morgan fingerprint density at radius 1 is 1.41 bits per heavy atom. The van der Waals surface area contributed by atoms with E-state index in [-0.39, 0.29) is 11.3 Å². The molecule has 6 heteroatoms. The van der Waals surface area contributed by atoms with Gasteiger partial charge in [-0.1, -0.05) is 42.1 Å². The van der Waals surface area contributed by atoms with Gasteiger partial charge in [-0.3, -0.25) is 9.69 Å². The number of thioether (sulfide) groups is 1. The number of ether oxygens (including phenoxy) is 1. The molecule has 0 radical (unpaired) electrons. The molecule has 1 amide bonds. The summed E-state index contributed by atoms with van der Waals surface area (Å²) in [5, 5.41) is 0.291. The van der Waals surface area contributed by atoms with Crippen LogP contribution in [0.2, 0.25) is 0 Å². The highest BCUT2D eigenvalue weighted by molar-refractivity contribution is 8.04. The van der Waals surface area contributed by atoms with Crippen molar-refractivity contribution in [1.82, 2.24) is 9.80 Å². The molecule has 118 valence electrons. The summed E-state index contributed by atoms with van der Waals surface area (Å²) in [6, 6.07) is 9.97. The lowest BCUT2D eigenvalue weighted by molar-refractivity contribution is -0.137. The lowest BCUT2D eigenvalue weighted by Crippen LogP contribution is -2.36. The van der Waals surface area contributed by atoms with Crippen molar-refractivity contribution in [3.63, 3.8) is 0 Å². The maximum atomic E-state index is 12.4. The Kier molecular flexibility index (Phi) is 5.63. The molecule has 0 spiro atoms. The molecule has 0 N–H and O–H groups in total. The maximum Gasteiger partial charge on any atom is 0.333 e. The quantitative estimate of drug-likeness (QED) is 0.614. The van der Waals surface area contributed by atoms with Gasteiger partial charge in [-0.2, -0.15) is 0 Å². The van der Waals surface area contributed by atoms with Crippen molar-refractivity contribution in [1.29, 1.82) is 0 Å². The van der Waals surface area contributed by atoms with Gasteiger partial charge in [0.1, 0.15) is 5.37 Å². The molecule has 0 aromatic heterocycles. The minimum Gasteiger partial charge on any atom is -0.463 e. The first-order chi connectivity index (χ1) is 10.5. The summed E-state index contributed by atoms with van der Waals surface area (Å²) >= 11 is 1.37. The normalized spacial score (nSPS) is 20.0. The van der Waals surface area contributed by atoms with Crippen LogP contribution in [0.15, 0.2) is 41.4 Å². The molecular weight excluding hydrogens is 300 g/mol. The fourth-order valence-electron chi connectivity index (χ4n) is 2.17. The summed E-state index contributed by atoms with van der Waals surface area (Å²) < 4.78 is 4.90. The Labute approximate surface area is 134 Å². The van der Waals surface area contributed by atoms with E-state index in [1.807, 2.05) is 42.3 Å². The molecular formula is C16H20N2O3S. The predicted molar refractivity (Wildman–Crippen MR) is 86.8 cm³/mol. The van der Waals surface area contributed by atoms with E-state index in [1.165, 1.54) is 22.7 Å². The molecule has 5 nitrogen and oxygen atoms in total. The highest BCUT2D eigenvalue weighted by Gasteiger charge is 2.37. The van der Waals surface area contributed by atoms with E-state index in [2.05, 4.69) is 0 Å². The Morgan fingerprint density at radius 2 is 2.09 bits per heavy atom. The van der Waals surface area contributed by atoms with E-state index in [0.29, 0.717) is 18.2 Å². The van der Waals surface area contributed by atoms with Gasteiger partial charge >= 0.3 is 5.97 Å². The van der Waals surface area contributed by atoms with Crippen LogP contribution in [0.25, 0.3) is 0 Å². The molecule has 22 heavy (non-hydrogen) atoms. The predicted octanol–water partition coefficient (Wildman–Crippen LogP) is 2.05. The van der Waals surface area contributed by atoms with Crippen LogP contribution in [-0.4, -0.2) is 47.8 Å². The van der Waals surface area contributed by atoms with Crippen LogP contribution in [0.3, 0.4) is 0 Å². The Bertz CT molecular complexity index is 574. The number of nitrogens with zero attached hydrogens (tertiary/aromatic N) is 2. The van der Waals surface area contributed by atoms with Crippen LogP contribution in [-0.2, 0) is 20.9 Å². The van der Waals surface area contributed by atoms with E-state index >= 15 is 0 Å². The third-order valence-electron chi connectivity index (χ3n) is 3.31. The fraction of sp³-hybridized carbons (Fsp3) is 0.375. The van der Waals surface area contributed by atoms with Crippen molar-refractivity contribution in [2.75, 3.05) is 20.7 Å². The second-order valence-electron chi connectivity index (χ2n) is 5.00. The van der Waals surface area contributed by atoms with Gasteiger partial charge in [-0.25, -0.2) is 4.79 Å². The zero-order valence-electron chi connectivity index (χ0n) is 13.0. The molecule has 1 aliphatic rings. The number of hydrogen-bond donors (Lipinski definition) is 0. The molecule has 0 unspecified atom stereocenters. The number of carbonyl (C=O) groups excluding carboxylic acids is 2. The van der Waals surface area contributed by atoms with Gasteiger partial charge in [0.05, 0.1) is 17.7 Å². The van der Waals surface area contributed by atoms with Crippen LogP contribution < -0.4 is 0 Å². The van der Waals surface area contributed by atoms with Gasteiger partial charge in [0.2, 0.25) is 0 Å². The summed E-state index contributed by atoms with van der Waals surface area (Å²) in [5.74, 6) is -0.449. The molecule has 1 saturated heterocycles. The third-order valence-corrected chi connectivity index (χ3v) is 4.73.